The SMILES string of the molecule is Cc1cc(C)n(-c2ccc(=O)n(CCNC(=O)C3CC(=O)N(c4cccc(Br)c4)C3)n2)n1. The van der Waals surface area contributed by atoms with Gasteiger partial charge >= 0.3 is 0 Å². The van der Waals surface area contributed by atoms with Gasteiger partial charge in [0.1, 0.15) is 0 Å². The minimum atomic E-state index is -0.438. The van der Waals surface area contributed by atoms with Gasteiger partial charge in [0.2, 0.25) is 11.8 Å². The fraction of sp³-hybridized carbons (Fsp3) is 0.318. The van der Waals surface area contributed by atoms with Crippen molar-refractivity contribution in [2.45, 2.75) is 26.8 Å². The van der Waals surface area contributed by atoms with Crippen LogP contribution in [-0.4, -0.2) is 44.5 Å². The third-order valence-corrected chi connectivity index (χ3v) is 5.81. The van der Waals surface area contributed by atoms with Crippen LogP contribution in [0.4, 0.5) is 5.69 Å². The molecule has 9 nitrogen and oxygen atoms in total. The summed E-state index contributed by atoms with van der Waals surface area (Å²) in [5.74, 6) is -0.197. The molecule has 3 heterocycles. The van der Waals surface area contributed by atoms with Crippen LogP contribution in [0.5, 0.6) is 0 Å². The van der Waals surface area contributed by atoms with E-state index in [0.717, 1.165) is 21.5 Å². The Labute approximate surface area is 193 Å². The first-order valence-electron chi connectivity index (χ1n) is 10.3. The van der Waals surface area contributed by atoms with Crippen molar-refractivity contribution in [3.05, 3.63) is 68.7 Å². The van der Waals surface area contributed by atoms with E-state index in [1.165, 1.54) is 10.7 Å². The van der Waals surface area contributed by atoms with Crippen molar-refractivity contribution in [3.63, 3.8) is 0 Å². The molecule has 0 spiro atoms. The average Bonchev–Trinajstić information content (AvgIpc) is 3.31. The Hall–Kier alpha value is -3.27. The smallest absolute Gasteiger partial charge is 0.266 e. The average molecular weight is 499 g/mol. The number of aromatic nitrogens is 4. The molecule has 1 fully saturated rings. The molecule has 1 saturated heterocycles. The quantitative estimate of drug-likeness (QED) is 0.559. The second-order valence-corrected chi connectivity index (χ2v) is 8.68. The van der Waals surface area contributed by atoms with E-state index >= 15 is 0 Å². The predicted octanol–water partition coefficient (Wildman–Crippen LogP) is 1.98. The molecule has 1 aliphatic rings. The van der Waals surface area contributed by atoms with Crippen molar-refractivity contribution < 1.29 is 9.59 Å². The first-order valence-corrected chi connectivity index (χ1v) is 11.1. The number of amides is 2. The highest BCUT2D eigenvalue weighted by Crippen LogP contribution is 2.27. The van der Waals surface area contributed by atoms with Crippen LogP contribution in [0, 0.1) is 19.8 Å². The second-order valence-electron chi connectivity index (χ2n) is 7.77. The number of carbonyl (C=O) groups is 2. The van der Waals surface area contributed by atoms with Crippen molar-refractivity contribution in [2.75, 3.05) is 18.0 Å². The maximum Gasteiger partial charge on any atom is 0.266 e. The predicted molar refractivity (Wildman–Crippen MR) is 123 cm³/mol. The Morgan fingerprint density at radius 2 is 1.97 bits per heavy atom. The molecule has 166 valence electrons. The second kappa shape index (κ2) is 9.07. The van der Waals surface area contributed by atoms with Gasteiger partial charge in [0.05, 0.1) is 18.2 Å². The van der Waals surface area contributed by atoms with Crippen LogP contribution in [0.3, 0.4) is 0 Å². The van der Waals surface area contributed by atoms with E-state index in [4.69, 9.17) is 0 Å². The Morgan fingerprint density at radius 1 is 1.16 bits per heavy atom. The highest BCUT2D eigenvalue weighted by Gasteiger charge is 2.35. The van der Waals surface area contributed by atoms with Gasteiger partial charge in [-0.25, -0.2) is 9.36 Å². The molecule has 1 N–H and O–H groups in total. The number of nitrogens with one attached hydrogen (secondary N) is 1. The zero-order valence-corrected chi connectivity index (χ0v) is 19.4. The van der Waals surface area contributed by atoms with Crippen LogP contribution in [0.1, 0.15) is 17.8 Å². The summed E-state index contributed by atoms with van der Waals surface area (Å²) >= 11 is 3.40. The fourth-order valence-electron chi connectivity index (χ4n) is 3.78. The molecule has 1 aromatic carbocycles. The number of hydrogen-bond donors (Lipinski definition) is 1. The molecule has 3 aromatic rings. The summed E-state index contributed by atoms with van der Waals surface area (Å²) in [5.41, 5.74) is 2.27. The molecule has 10 heteroatoms. The summed E-state index contributed by atoms with van der Waals surface area (Å²) in [6.07, 6.45) is 0.157. The highest BCUT2D eigenvalue weighted by molar-refractivity contribution is 9.10. The topological polar surface area (TPSA) is 102 Å². The number of aryl methyl sites for hydroxylation is 2. The summed E-state index contributed by atoms with van der Waals surface area (Å²) in [4.78, 5) is 38.9. The number of carbonyl (C=O) groups excluding carboxylic acids is 2. The summed E-state index contributed by atoms with van der Waals surface area (Å²) in [7, 11) is 0. The lowest BCUT2D eigenvalue weighted by molar-refractivity contribution is -0.126. The van der Waals surface area contributed by atoms with Crippen molar-refractivity contribution >= 4 is 33.4 Å². The third-order valence-electron chi connectivity index (χ3n) is 5.32. The molecule has 0 saturated carbocycles. The van der Waals surface area contributed by atoms with Gasteiger partial charge in [-0.2, -0.15) is 5.10 Å². The van der Waals surface area contributed by atoms with Crippen LogP contribution < -0.4 is 15.8 Å². The van der Waals surface area contributed by atoms with E-state index in [0.29, 0.717) is 12.4 Å². The molecule has 2 amide bonds. The number of hydrogen-bond acceptors (Lipinski definition) is 5. The van der Waals surface area contributed by atoms with Gasteiger partial charge in [-0.15, -0.1) is 5.10 Å². The van der Waals surface area contributed by atoms with Gasteiger partial charge in [0, 0.05) is 41.4 Å². The van der Waals surface area contributed by atoms with Gasteiger partial charge in [0.15, 0.2) is 5.82 Å². The standard InChI is InChI=1S/C22H23BrN6O3/c1-14-10-15(2)29(25-14)19-6-7-20(30)28(26-19)9-8-24-22(32)16-11-21(31)27(13-16)18-5-3-4-17(23)12-18/h3-7,10,12,16H,8-9,11,13H2,1-2H3,(H,24,32). The molecule has 0 bridgehead atoms. The monoisotopic (exact) mass is 498 g/mol. The molecule has 0 aliphatic carbocycles. The number of benzene rings is 1. The lowest BCUT2D eigenvalue weighted by atomic mass is 10.1. The lowest BCUT2D eigenvalue weighted by Gasteiger charge is -2.17. The minimum absolute atomic E-state index is 0.0845. The first kappa shape index (κ1) is 21.9. The van der Waals surface area contributed by atoms with E-state index in [-0.39, 0.29) is 36.9 Å². The van der Waals surface area contributed by atoms with E-state index in [9.17, 15) is 14.4 Å². The maximum absolute atomic E-state index is 12.6. The number of rotatable bonds is 6. The largest absolute Gasteiger partial charge is 0.354 e. The number of nitrogens with zero attached hydrogens (tertiary/aromatic N) is 5. The van der Waals surface area contributed by atoms with Gasteiger partial charge in [-0.1, -0.05) is 22.0 Å². The Morgan fingerprint density at radius 3 is 2.69 bits per heavy atom. The van der Waals surface area contributed by atoms with Gasteiger partial charge < -0.3 is 10.2 Å². The fourth-order valence-corrected chi connectivity index (χ4v) is 4.17. The van der Waals surface area contributed by atoms with Crippen LogP contribution in [0.2, 0.25) is 0 Å². The van der Waals surface area contributed by atoms with E-state index in [1.807, 2.05) is 44.2 Å². The molecule has 0 radical (unpaired) electrons. The summed E-state index contributed by atoms with van der Waals surface area (Å²) in [6.45, 7) is 4.58. The van der Waals surface area contributed by atoms with Crippen LogP contribution in [0.25, 0.3) is 5.82 Å². The summed E-state index contributed by atoms with van der Waals surface area (Å²) < 4.78 is 3.85. The zero-order valence-electron chi connectivity index (χ0n) is 17.8. The molecule has 4 rings (SSSR count). The van der Waals surface area contributed by atoms with Crippen LogP contribution in [-0.2, 0) is 16.1 Å². The van der Waals surface area contributed by atoms with Crippen molar-refractivity contribution in [1.82, 2.24) is 24.9 Å². The molecule has 2 aromatic heterocycles. The summed E-state index contributed by atoms with van der Waals surface area (Å²) in [6, 6.07) is 12.4. The number of anilines is 1. The first-order chi connectivity index (χ1) is 15.3. The Balaban J connectivity index is 1.37. The number of halogens is 1. The molecular weight excluding hydrogens is 476 g/mol. The van der Waals surface area contributed by atoms with Crippen molar-refractivity contribution in [2.24, 2.45) is 5.92 Å². The molecule has 32 heavy (non-hydrogen) atoms. The van der Waals surface area contributed by atoms with E-state index in [2.05, 4.69) is 31.4 Å². The maximum atomic E-state index is 12.6. The molecule has 1 aliphatic heterocycles. The molecule has 1 unspecified atom stereocenters. The van der Waals surface area contributed by atoms with Gasteiger partial charge in [-0.05, 0) is 44.2 Å². The third kappa shape index (κ3) is 4.64. The van der Waals surface area contributed by atoms with Gasteiger partial charge in [-0.3, -0.25) is 14.4 Å². The van der Waals surface area contributed by atoms with Crippen molar-refractivity contribution in [3.8, 4) is 5.82 Å². The van der Waals surface area contributed by atoms with E-state index in [1.54, 1.807) is 15.6 Å². The molecule has 1 atom stereocenters. The molecular formula is C22H23BrN6O3. The zero-order chi connectivity index (χ0) is 22.8. The van der Waals surface area contributed by atoms with Gasteiger partial charge in [0.25, 0.3) is 5.56 Å². The Kier molecular flexibility index (Phi) is 6.22. The van der Waals surface area contributed by atoms with Crippen LogP contribution in [0.15, 0.2) is 51.7 Å². The highest BCUT2D eigenvalue weighted by atomic mass is 79.9. The van der Waals surface area contributed by atoms with Crippen molar-refractivity contribution in [1.29, 1.82) is 0 Å². The van der Waals surface area contributed by atoms with Crippen LogP contribution >= 0.6 is 15.9 Å². The Bertz CT molecular complexity index is 1230. The normalized spacial score (nSPS) is 15.9. The minimum Gasteiger partial charge on any atom is -0.354 e. The summed E-state index contributed by atoms with van der Waals surface area (Å²) in [5, 5.41) is 11.6. The van der Waals surface area contributed by atoms with E-state index < -0.39 is 5.92 Å². The lowest BCUT2D eigenvalue weighted by Crippen LogP contribution is -2.36.